The third kappa shape index (κ3) is 3.74. The van der Waals surface area contributed by atoms with Gasteiger partial charge in [-0.1, -0.05) is 48.9 Å². The van der Waals surface area contributed by atoms with Gasteiger partial charge in [0.2, 0.25) is 5.82 Å². The summed E-state index contributed by atoms with van der Waals surface area (Å²) >= 11 is 6.50. The third-order valence-electron chi connectivity index (χ3n) is 6.56. The average Bonchev–Trinajstić information content (AvgIpc) is 3.50. The van der Waals surface area contributed by atoms with Crippen molar-refractivity contribution < 1.29 is 4.74 Å². The lowest BCUT2D eigenvalue weighted by atomic mass is 9.89. The molecule has 8 nitrogen and oxygen atoms in total. The highest BCUT2D eigenvalue weighted by molar-refractivity contribution is 6.34. The number of aromatic amines is 1. The number of halogens is 1. The van der Waals surface area contributed by atoms with Gasteiger partial charge in [0.1, 0.15) is 23.7 Å². The van der Waals surface area contributed by atoms with E-state index in [0.717, 1.165) is 68.3 Å². The van der Waals surface area contributed by atoms with Crippen molar-refractivity contribution in [2.45, 2.75) is 40.3 Å². The van der Waals surface area contributed by atoms with E-state index in [1.807, 2.05) is 38.1 Å². The lowest BCUT2D eigenvalue weighted by Gasteiger charge is -2.15. The number of tetrazole rings is 1. The number of nitrogens with zero attached hydrogens (tertiary/aromatic N) is 6. The zero-order chi connectivity index (χ0) is 24.8. The van der Waals surface area contributed by atoms with Crippen molar-refractivity contribution in [2.24, 2.45) is 0 Å². The molecule has 1 N–H and O–H groups in total. The first-order valence-corrected chi connectivity index (χ1v) is 12.2. The van der Waals surface area contributed by atoms with Crippen LogP contribution in [-0.2, 0) is 19.6 Å². The molecule has 0 spiro atoms. The van der Waals surface area contributed by atoms with Crippen LogP contribution in [0.3, 0.4) is 0 Å². The van der Waals surface area contributed by atoms with Crippen LogP contribution in [0.2, 0.25) is 5.02 Å². The molecule has 0 fully saturated rings. The molecule has 0 atom stereocenters. The maximum absolute atomic E-state index is 6.50. The van der Waals surface area contributed by atoms with E-state index in [-0.39, 0.29) is 0 Å². The highest BCUT2D eigenvalue weighted by atomic mass is 35.5. The van der Waals surface area contributed by atoms with E-state index in [2.05, 4.69) is 56.4 Å². The first-order chi connectivity index (χ1) is 17.5. The minimum Gasteiger partial charge on any atom is -0.488 e. The maximum atomic E-state index is 6.50. The van der Waals surface area contributed by atoms with Crippen LogP contribution in [0.15, 0.2) is 48.5 Å². The Hall–Kier alpha value is -4.04. The Bertz CT molecular complexity index is 1640. The number of para-hydroxylation sites is 1. The normalized spacial score (nSPS) is 14.2. The number of nitrogens with one attached hydrogen (secondary N) is 1. The fraction of sp³-hybridized carbons (Fsp3) is 0.222. The molecule has 5 aromatic rings. The Labute approximate surface area is 213 Å². The molecule has 0 unspecified atom stereocenters. The van der Waals surface area contributed by atoms with Crippen LogP contribution in [0.5, 0.6) is 5.75 Å². The molecule has 0 bridgehead atoms. The molecule has 0 saturated heterocycles. The molecule has 2 aromatic carbocycles. The van der Waals surface area contributed by atoms with Crippen LogP contribution >= 0.6 is 11.6 Å². The van der Waals surface area contributed by atoms with Crippen molar-refractivity contribution >= 4 is 33.9 Å². The van der Waals surface area contributed by atoms with E-state index in [1.165, 1.54) is 0 Å². The molecule has 6 rings (SSSR count). The Kier molecular flexibility index (Phi) is 5.53. The quantitative estimate of drug-likeness (QED) is 0.358. The summed E-state index contributed by atoms with van der Waals surface area (Å²) in [5, 5.41) is 15.4. The number of aryl methyl sites for hydroxylation is 2. The molecule has 0 radical (unpaired) electrons. The number of imidazole rings is 1. The Morgan fingerprint density at radius 3 is 2.78 bits per heavy atom. The summed E-state index contributed by atoms with van der Waals surface area (Å²) in [6.45, 7) is 7.15. The number of fused-ring (bicyclic) bond motifs is 3. The summed E-state index contributed by atoms with van der Waals surface area (Å²) in [5.74, 6) is 2.35. The minimum absolute atomic E-state index is 0.456. The largest absolute Gasteiger partial charge is 0.488 e. The van der Waals surface area contributed by atoms with Gasteiger partial charge >= 0.3 is 0 Å². The number of allylic oxidation sites excluding steroid dienone is 1. The molecule has 9 heteroatoms. The summed E-state index contributed by atoms with van der Waals surface area (Å²) < 4.78 is 8.42. The third-order valence-corrected chi connectivity index (χ3v) is 6.84. The SMILES string of the molecule is CCc1nc2c(Cl)cc(C)nc2n1Cc1ccc2c(c1)COc1ccccc1C2=C(C)c1nn[nH]n1. The van der Waals surface area contributed by atoms with Gasteiger partial charge in [-0.05, 0) is 59.5 Å². The van der Waals surface area contributed by atoms with Crippen LogP contribution in [-0.4, -0.2) is 35.2 Å². The number of hydrogen-bond acceptors (Lipinski definition) is 6. The molecular formula is C27H24ClN7O. The summed E-state index contributed by atoms with van der Waals surface area (Å²) in [4.78, 5) is 9.53. The molecule has 3 aromatic heterocycles. The molecule has 4 heterocycles. The predicted molar refractivity (Wildman–Crippen MR) is 139 cm³/mol. The first-order valence-electron chi connectivity index (χ1n) is 11.8. The fourth-order valence-electron chi connectivity index (χ4n) is 4.88. The topological polar surface area (TPSA) is 94.4 Å². The van der Waals surface area contributed by atoms with Crippen LogP contribution < -0.4 is 4.74 Å². The van der Waals surface area contributed by atoms with Crippen molar-refractivity contribution in [2.75, 3.05) is 0 Å². The van der Waals surface area contributed by atoms with Crippen LogP contribution in [0.4, 0.5) is 0 Å². The van der Waals surface area contributed by atoms with Gasteiger partial charge in [-0.15, -0.1) is 10.2 Å². The second-order valence-electron chi connectivity index (χ2n) is 8.90. The predicted octanol–water partition coefficient (Wildman–Crippen LogP) is 5.39. The molecule has 180 valence electrons. The lowest BCUT2D eigenvalue weighted by Crippen LogP contribution is -2.07. The van der Waals surface area contributed by atoms with Gasteiger partial charge in [0.05, 0.1) is 11.6 Å². The Morgan fingerprint density at radius 2 is 1.97 bits per heavy atom. The van der Waals surface area contributed by atoms with Gasteiger partial charge in [0.15, 0.2) is 5.65 Å². The monoisotopic (exact) mass is 497 g/mol. The Morgan fingerprint density at radius 1 is 1.11 bits per heavy atom. The van der Waals surface area contributed by atoms with E-state index < -0.39 is 0 Å². The van der Waals surface area contributed by atoms with E-state index in [9.17, 15) is 0 Å². The summed E-state index contributed by atoms with van der Waals surface area (Å²) in [7, 11) is 0. The molecule has 0 amide bonds. The number of rotatable bonds is 4. The number of ether oxygens (including phenoxy) is 1. The van der Waals surface area contributed by atoms with E-state index in [1.54, 1.807) is 0 Å². The molecular weight excluding hydrogens is 474 g/mol. The van der Waals surface area contributed by atoms with Crippen molar-refractivity contribution in [3.63, 3.8) is 0 Å². The fourth-order valence-corrected chi connectivity index (χ4v) is 5.16. The van der Waals surface area contributed by atoms with Gasteiger partial charge < -0.3 is 9.30 Å². The second-order valence-corrected chi connectivity index (χ2v) is 9.30. The zero-order valence-corrected chi connectivity index (χ0v) is 21.0. The maximum Gasteiger partial charge on any atom is 0.201 e. The average molecular weight is 498 g/mol. The molecule has 0 aliphatic carbocycles. The summed E-state index contributed by atoms with van der Waals surface area (Å²) in [6.07, 6.45) is 0.784. The van der Waals surface area contributed by atoms with E-state index >= 15 is 0 Å². The number of benzene rings is 2. The van der Waals surface area contributed by atoms with Crippen molar-refractivity contribution in [3.8, 4) is 5.75 Å². The molecule has 0 saturated carbocycles. The number of pyridine rings is 1. The first kappa shape index (κ1) is 22.4. The van der Waals surface area contributed by atoms with Crippen molar-refractivity contribution in [3.05, 3.63) is 93.2 Å². The van der Waals surface area contributed by atoms with Crippen LogP contribution in [0.25, 0.3) is 22.3 Å². The minimum atomic E-state index is 0.456. The zero-order valence-electron chi connectivity index (χ0n) is 20.2. The highest BCUT2D eigenvalue weighted by Gasteiger charge is 2.23. The van der Waals surface area contributed by atoms with E-state index in [4.69, 9.17) is 26.3 Å². The Balaban J connectivity index is 1.48. The van der Waals surface area contributed by atoms with E-state index in [0.29, 0.717) is 24.0 Å². The van der Waals surface area contributed by atoms with Crippen LogP contribution in [0, 0.1) is 6.92 Å². The lowest BCUT2D eigenvalue weighted by molar-refractivity contribution is 0.307. The molecule has 36 heavy (non-hydrogen) atoms. The smallest absolute Gasteiger partial charge is 0.201 e. The van der Waals surface area contributed by atoms with Gasteiger partial charge in [-0.3, -0.25) is 0 Å². The van der Waals surface area contributed by atoms with Gasteiger partial charge in [-0.25, -0.2) is 9.97 Å². The van der Waals surface area contributed by atoms with Crippen LogP contribution in [0.1, 0.15) is 53.4 Å². The number of aromatic nitrogens is 7. The number of hydrogen-bond donors (Lipinski definition) is 1. The summed E-state index contributed by atoms with van der Waals surface area (Å²) in [5.41, 5.74) is 8.72. The van der Waals surface area contributed by atoms with Gasteiger partial charge in [0.25, 0.3) is 0 Å². The molecule has 1 aliphatic rings. The summed E-state index contributed by atoms with van der Waals surface area (Å²) in [6, 6.07) is 16.4. The van der Waals surface area contributed by atoms with Gasteiger partial charge in [0, 0.05) is 23.3 Å². The van der Waals surface area contributed by atoms with Gasteiger partial charge in [-0.2, -0.15) is 5.21 Å². The standard InChI is InChI=1S/C27H24ClN7O/c1-4-23-30-25-21(28)11-15(2)29-27(25)35(23)13-17-9-10-19-18(12-17)14-36-22-8-6-5-7-20(22)24(19)16(3)26-31-33-34-32-26/h5-12H,4,13-14H2,1-3H3,(H,31,32,33,34). The van der Waals surface area contributed by atoms with Crippen molar-refractivity contribution in [1.29, 1.82) is 0 Å². The van der Waals surface area contributed by atoms with Crippen molar-refractivity contribution in [1.82, 2.24) is 35.2 Å². The molecule has 1 aliphatic heterocycles. The second kappa shape index (κ2) is 8.87. The number of H-pyrrole nitrogens is 1. The highest BCUT2D eigenvalue weighted by Crippen LogP contribution is 2.40.